The van der Waals surface area contributed by atoms with E-state index in [9.17, 15) is 18.4 Å². The van der Waals surface area contributed by atoms with Gasteiger partial charge in [0.1, 0.15) is 17.3 Å². The van der Waals surface area contributed by atoms with E-state index in [1.165, 1.54) is 48.5 Å². The average molecular weight is 468 g/mol. The van der Waals surface area contributed by atoms with Crippen LogP contribution in [0.5, 0.6) is 0 Å². The number of carbonyl (C=O) groups excluding carboxylic acids is 1. The van der Waals surface area contributed by atoms with Gasteiger partial charge >= 0.3 is 0 Å². The summed E-state index contributed by atoms with van der Waals surface area (Å²) < 4.78 is 28.4. The highest BCUT2D eigenvalue weighted by Gasteiger charge is 2.22. The molecule has 1 aliphatic heterocycles. The molecule has 0 bridgehead atoms. The van der Waals surface area contributed by atoms with E-state index in [1.54, 1.807) is 13.0 Å². The molecule has 2 heterocycles. The Kier molecular flexibility index (Phi) is 7.02. The van der Waals surface area contributed by atoms with Gasteiger partial charge in [-0.1, -0.05) is 6.92 Å². The summed E-state index contributed by atoms with van der Waals surface area (Å²) >= 11 is 0. The summed E-state index contributed by atoms with van der Waals surface area (Å²) in [5.74, 6) is -1.33. The van der Waals surface area contributed by atoms with Crippen molar-refractivity contribution in [1.82, 2.24) is 20.0 Å². The van der Waals surface area contributed by atoms with Crippen molar-refractivity contribution in [1.29, 1.82) is 0 Å². The van der Waals surface area contributed by atoms with Crippen LogP contribution in [0.1, 0.15) is 35.9 Å². The topological polar surface area (TPSA) is 70.5 Å². The molecule has 0 aliphatic carbocycles. The number of benzene rings is 2. The molecule has 0 unspecified atom stereocenters. The average Bonchev–Trinajstić information content (AvgIpc) is 2.85. The van der Waals surface area contributed by atoms with Crippen LogP contribution in [0.2, 0.25) is 0 Å². The lowest BCUT2D eigenvalue weighted by molar-refractivity contribution is 0.0933. The Bertz CT molecular complexity index is 1220. The van der Waals surface area contributed by atoms with Crippen LogP contribution < -0.4 is 15.8 Å². The van der Waals surface area contributed by atoms with E-state index < -0.39 is 23.3 Å². The maximum Gasteiger partial charge on any atom is 0.272 e. The third-order valence-corrected chi connectivity index (χ3v) is 6.07. The molecule has 1 aliphatic rings. The number of halogens is 2. The third kappa shape index (κ3) is 5.14. The van der Waals surface area contributed by atoms with E-state index in [2.05, 4.69) is 27.1 Å². The van der Waals surface area contributed by atoms with Crippen LogP contribution in [-0.2, 0) is 0 Å². The predicted molar refractivity (Wildman–Crippen MR) is 126 cm³/mol. The smallest absolute Gasteiger partial charge is 0.272 e. The first-order valence-corrected chi connectivity index (χ1v) is 11.3. The van der Waals surface area contributed by atoms with Crippen molar-refractivity contribution in [3.8, 4) is 5.69 Å². The van der Waals surface area contributed by atoms with Crippen LogP contribution in [0.25, 0.3) is 5.69 Å². The second kappa shape index (κ2) is 10.1. The van der Waals surface area contributed by atoms with Crippen LogP contribution in [0.15, 0.2) is 59.4 Å². The van der Waals surface area contributed by atoms with E-state index in [0.717, 1.165) is 43.1 Å². The van der Waals surface area contributed by atoms with Crippen molar-refractivity contribution in [2.24, 2.45) is 0 Å². The molecular formula is C25H27F2N5O2. The van der Waals surface area contributed by atoms with Crippen LogP contribution in [-0.4, -0.2) is 53.3 Å². The zero-order chi connectivity index (χ0) is 24.2. The minimum atomic E-state index is -0.505. The lowest BCUT2D eigenvalue weighted by Crippen LogP contribution is -2.46. The Morgan fingerprint density at radius 2 is 1.68 bits per heavy atom. The minimum absolute atomic E-state index is 0.0188. The maximum absolute atomic E-state index is 14.1. The highest BCUT2D eigenvalue weighted by molar-refractivity contribution is 5.92. The molecule has 3 aromatic rings. The number of nitrogens with zero attached hydrogens (tertiary/aromatic N) is 4. The number of nitrogens with one attached hydrogen (secondary N) is 1. The predicted octanol–water partition coefficient (Wildman–Crippen LogP) is 3.14. The molecule has 0 saturated carbocycles. The van der Waals surface area contributed by atoms with Crippen LogP contribution >= 0.6 is 0 Å². The molecule has 1 saturated heterocycles. The van der Waals surface area contributed by atoms with Gasteiger partial charge in [-0.25, -0.2) is 8.78 Å². The van der Waals surface area contributed by atoms with Crippen molar-refractivity contribution >= 4 is 11.6 Å². The molecule has 0 spiro atoms. The molecule has 9 heteroatoms. The summed E-state index contributed by atoms with van der Waals surface area (Å²) in [7, 11) is 0. The number of amides is 1. The third-order valence-electron chi connectivity index (χ3n) is 6.07. The zero-order valence-electron chi connectivity index (χ0n) is 19.2. The first-order chi connectivity index (χ1) is 16.4. The zero-order valence-corrected chi connectivity index (χ0v) is 19.2. The molecule has 0 radical (unpaired) electrons. The van der Waals surface area contributed by atoms with Crippen molar-refractivity contribution < 1.29 is 13.6 Å². The fraction of sp³-hybridized carbons (Fsp3) is 0.320. The molecule has 2 aromatic carbocycles. The molecule has 1 amide bonds. The van der Waals surface area contributed by atoms with Crippen LogP contribution in [0.3, 0.4) is 0 Å². The summed E-state index contributed by atoms with van der Waals surface area (Å²) in [5.41, 5.74) is 1.47. The van der Waals surface area contributed by atoms with Gasteiger partial charge < -0.3 is 15.1 Å². The summed E-state index contributed by atoms with van der Waals surface area (Å²) in [6.45, 7) is 8.38. The lowest BCUT2D eigenvalue weighted by Gasteiger charge is -2.37. The summed E-state index contributed by atoms with van der Waals surface area (Å²) in [4.78, 5) is 29.8. The molecule has 34 heavy (non-hydrogen) atoms. The molecule has 1 N–H and O–H groups in total. The van der Waals surface area contributed by atoms with Gasteiger partial charge in [0, 0.05) is 43.5 Å². The Balaban J connectivity index is 1.55. The van der Waals surface area contributed by atoms with Crippen molar-refractivity contribution in [3.05, 3.63) is 87.8 Å². The molecule has 4 rings (SSSR count). The van der Waals surface area contributed by atoms with Crippen molar-refractivity contribution in [2.45, 2.75) is 19.9 Å². The first kappa shape index (κ1) is 23.6. The Morgan fingerprint density at radius 1 is 1.00 bits per heavy atom. The largest absolute Gasteiger partial charge is 0.369 e. The molecule has 1 aromatic heterocycles. The second-order valence-electron chi connectivity index (χ2n) is 8.26. The maximum atomic E-state index is 14.1. The number of piperazine rings is 1. The van der Waals surface area contributed by atoms with Crippen LogP contribution in [0, 0.1) is 11.6 Å². The lowest BCUT2D eigenvalue weighted by atomic mass is 10.0. The van der Waals surface area contributed by atoms with Crippen molar-refractivity contribution in [2.75, 3.05) is 37.6 Å². The Hall–Kier alpha value is -3.59. The molecular weight excluding hydrogens is 440 g/mol. The number of carbonyl (C=O) groups is 1. The fourth-order valence-corrected chi connectivity index (χ4v) is 4.11. The number of aromatic nitrogens is 2. The number of anilines is 1. The van der Waals surface area contributed by atoms with E-state index in [-0.39, 0.29) is 11.5 Å². The van der Waals surface area contributed by atoms with E-state index in [1.807, 2.05) is 0 Å². The molecule has 1 atom stereocenters. The number of rotatable bonds is 6. The van der Waals surface area contributed by atoms with Gasteiger partial charge in [0.2, 0.25) is 0 Å². The number of hydrogen-bond donors (Lipinski definition) is 1. The molecule has 7 nitrogen and oxygen atoms in total. The Morgan fingerprint density at radius 3 is 2.35 bits per heavy atom. The van der Waals surface area contributed by atoms with E-state index >= 15 is 0 Å². The summed E-state index contributed by atoms with van der Waals surface area (Å²) in [5, 5.41) is 7.01. The monoisotopic (exact) mass is 467 g/mol. The van der Waals surface area contributed by atoms with E-state index in [4.69, 9.17) is 0 Å². The first-order valence-electron chi connectivity index (χ1n) is 11.3. The van der Waals surface area contributed by atoms with Gasteiger partial charge in [-0.15, -0.1) is 0 Å². The number of likely N-dealkylation sites (N-methyl/N-ethyl adjacent to an activating group) is 1. The van der Waals surface area contributed by atoms with Gasteiger partial charge in [-0.05, 0) is 62.0 Å². The summed E-state index contributed by atoms with van der Waals surface area (Å²) in [6, 6.07) is 11.9. The molecule has 178 valence electrons. The molecule has 1 fully saturated rings. The van der Waals surface area contributed by atoms with E-state index in [0.29, 0.717) is 11.3 Å². The quantitative estimate of drug-likeness (QED) is 0.603. The number of hydrogen-bond acceptors (Lipinski definition) is 5. The highest BCUT2D eigenvalue weighted by atomic mass is 19.1. The van der Waals surface area contributed by atoms with Crippen molar-refractivity contribution in [3.63, 3.8) is 0 Å². The van der Waals surface area contributed by atoms with Gasteiger partial charge in [-0.3, -0.25) is 9.59 Å². The van der Waals surface area contributed by atoms with Gasteiger partial charge in [0.15, 0.2) is 0 Å². The minimum Gasteiger partial charge on any atom is -0.369 e. The van der Waals surface area contributed by atoms with Gasteiger partial charge in [0.05, 0.1) is 11.7 Å². The summed E-state index contributed by atoms with van der Waals surface area (Å²) in [6.07, 6.45) is 0. The fourth-order valence-electron chi connectivity index (χ4n) is 4.11. The standard InChI is InChI=1S/C25H27F2N5O2/c1-3-30-12-14-31(15-13-30)23-10-6-19(27)16-21(23)17(2)28-25(34)22-9-11-24(33)32(29-22)20-7-4-18(26)5-8-20/h4-11,16-17H,3,12-15H2,1-2H3,(H,28,34)/t17-/m0/s1. The second-order valence-corrected chi connectivity index (χ2v) is 8.26. The Labute approximate surface area is 196 Å². The van der Waals surface area contributed by atoms with Gasteiger partial charge in [0.25, 0.3) is 11.5 Å². The van der Waals surface area contributed by atoms with Gasteiger partial charge in [-0.2, -0.15) is 9.78 Å². The SMILES string of the molecule is CCN1CCN(c2ccc(F)cc2[C@H](C)NC(=O)c2ccc(=O)n(-c3ccc(F)cc3)n2)CC1. The highest BCUT2D eigenvalue weighted by Crippen LogP contribution is 2.28. The van der Waals surface area contributed by atoms with Crippen LogP contribution in [0.4, 0.5) is 14.5 Å². The normalized spacial score (nSPS) is 15.2.